The van der Waals surface area contributed by atoms with E-state index in [4.69, 9.17) is 0 Å². The highest BCUT2D eigenvalue weighted by Gasteiger charge is 2.16. The number of benzene rings is 1. The smallest absolute Gasteiger partial charge is 0.321 e. The first-order chi connectivity index (χ1) is 14.5. The summed E-state index contributed by atoms with van der Waals surface area (Å²) in [6, 6.07) is 10.6. The molecule has 2 N–H and O–H groups in total. The molecule has 0 spiro atoms. The SMILES string of the molecule is Cn1c(=O)c2ccccc2n2c(SCC(=O)NC(=O)NCCc3cccs3)nnc12. The van der Waals surface area contributed by atoms with Gasteiger partial charge in [-0.05, 0) is 30.0 Å². The molecule has 0 fully saturated rings. The fourth-order valence-corrected chi connectivity index (χ4v) is 4.44. The van der Waals surface area contributed by atoms with Gasteiger partial charge in [-0.1, -0.05) is 30.0 Å². The zero-order chi connectivity index (χ0) is 21.1. The van der Waals surface area contributed by atoms with Gasteiger partial charge in [0.15, 0.2) is 5.16 Å². The Morgan fingerprint density at radius 3 is 2.80 bits per heavy atom. The quantitative estimate of drug-likeness (QED) is 0.441. The van der Waals surface area contributed by atoms with Gasteiger partial charge in [-0.3, -0.25) is 23.9 Å². The summed E-state index contributed by atoms with van der Waals surface area (Å²) >= 11 is 2.76. The summed E-state index contributed by atoms with van der Waals surface area (Å²) in [4.78, 5) is 37.7. The molecule has 0 radical (unpaired) electrons. The molecule has 3 aromatic heterocycles. The molecular formula is C19H18N6O3S2. The number of carbonyl (C=O) groups is 2. The van der Waals surface area contributed by atoms with Crippen molar-refractivity contribution in [1.82, 2.24) is 29.8 Å². The number of amides is 3. The van der Waals surface area contributed by atoms with Crippen molar-refractivity contribution in [1.29, 1.82) is 0 Å². The second-order valence-electron chi connectivity index (χ2n) is 6.42. The van der Waals surface area contributed by atoms with E-state index in [0.717, 1.165) is 16.6 Å². The molecule has 4 aromatic rings. The van der Waals surface area contributed by atoms with Crippen molar-refractivity contribution in [2.45, 2.75) is 11.6 Å². The highest BCUT2D eigenvalue weighted by Crippen LogP contribution is 2.20. The number of hydrogen-bond acceptors (Lipinski definition) is 7. The largest absolute Gasteiger partial charge is 0.337 e. The van der Waals surface area contributed by atoms with Gasteiger partial charge in [0.2, 0.25) is 11.7 Å². The first-order valence-electron chi connectivity index (χ1n) is 9.10. The summed E-state index contributed by atoms with van der Waals surface area (Å²) < 4.78 is 3.15. The van der Waals surface area contributed by atoms with E-state index in [2.05, 4.69) is 20.8 Å². The van der Waals surface area contributed by atoms with E-state index >= 15 is 0 Å². The summed E-state index contributed by atoms with van der Waals surface area (Å²) in [5.74, 6) is -0.0801. The second kappa shape index (κ2) is 8.67. The fraction of sp³-hybridized carbons (Fsp3) is 0.211. The standard InChI is InChI=1S/C19H18N6O3S2/c1-24-16(27)13-6-2-3-7-14(13)25-18(24)22-23-19(25)30-11-15(26)21-17(28)20-9-8-12-5-4-10-29-12/h2-7,10H,8-9,11H2,1H3,(H2,20,21,26,28). The number of aromatic nitrogens is 4. The minimum absolute atomic E-state index is 0.0176. The highest BCUT2D eigenvalue weighted by molar-refractivity contribution is 7.99. The van der Waals surface area contributed by atoms with Crippen LogP contribution in [0.4, 0.5) is 4.79 Å². The Morgan fingerprint density at radius 2 is 2.00 bits per heavy atom. The number of hydrogen-bond donors (Lipinski definition) is 2. The molecule has 30 heavy (non-hydrogen) atoms. The summed E-state index contributed by atoms with van der Waals surface area (Å²) in [6.07, 6.45) is 0.714. The van der Waals surface area contributed by atoms with Gasteiger partial charge in [-0.25, -0.2) is 4.79 Å². The molecule has 0 aliphatic rings. The van der Waals surface area contributed by atoms with E-state index in [0.29, 0.717) is 34.8 Å². The Morgan fingerprint density at radius 1 is 1.17 bits per heavy atom. The third-order valence-electron chi connectivity index (χ3n) is 4.42. The van der Waals surface area contributed by atoms with Gasteiger partial charge in [0.25, 0.3) is 5.56 Å². The number of fused-ring (bicyclic) bond motifs is 3. The van der Waals surface area contributed by atoms with Crippen LogP contribution in [0.5, 0.6) is 0 Å². The van der Waals surface area contributed by atoms with E-state index in [1.165, 1.54) is 4.57 Å². The third-order valence-corrected chi connectivity index (χ3v) is 6.28. The van der Waals surface area contributed by atoms with Crippen molar-refractivity contribution in [2.75, 3.05) is 12.3 Å². The van der Waals surface area contributed by atoms with Crippen LogP contribution in [0.2, 0.25) is 0 Å². The number of urea groups is 1. The molecule has 3 heterocycles. The molecule has 0 unspecified atom stereocenters. The average Bonchev–Trinajstić information content (AvgIpc) is 3.40. The maximum atomic E-state index is 12.5. The number of rotatable bonds is 6. The van der Waals surface area contributed by atoms with Crippen molar-refractivity contribution in [3.8, 4) is 0 Å². The first-order valence-corrected chi connectivity index (χ1v) is 11.0. The molecule has 0 saturated heterocycles. The third kappa shape index (κ3) is 4.07. The van der Waals surface area contributed by atoms with Crippen LogP contribution in [0, 0.1) is 0 Å². The molecule has 0 aliphatic heterocycles. The fourth-order valence-electron chi connectivity index (χ4n) is 3.00. The zero-order valence-corrected chi connectivity index (χ0v) is 17.6. The lowest BCUT2D eigenvalue weighted by Gasteiger charge is -2.08. The van der Waals surface area contributed by atoms with Crippen molar-refractivity contribution in [3.05, 3.63) is 57.0 Å². The number of imide groups is 1. The topological polar surface area (TPSA) is 110 Å². The number of nitrogens with one attached hydrogen (secondary N) is 2. The number of aryl methyl sites for hydroxylation is 1. The number of nitrogens with zero attached hydrogens (tertiary/aromatic N) is 4. The predicted octanol–water partition coefficient (Wildman–Crippen LogP) is 1.80. The summed E-state index contributed by atoms with van der Waals surface area (Å²) in [6.45, 7) is 0.446. The van der Waals surface area contributed by atoms with Gasteiger partial charge in [0.1, 0.15) is 0 Å². The first kappa shape index (κ1) is 20.1. The van der Waals surface area contributed by atoms with Crippen molar-refractivity contribution < 1.29 is 9.59 Å². The molecule has 9 nitrogen and oxygen atoms in total. The van der Waals surface area contributed by atoms with Gasteiger partial charge < -0.3 is 5.32 Å². The van der Waals surface area contributed by atoms with Gasteiger partial charge in [0.05, 0.1) is 16.7 Å². The molecule has 0 aliphatic carbocycles. The van der Waals surface area contributed by atoms with Crippen molar-refractivity contribution in [3.63, 3.8) is 0 Å². The van der Waals surface area contributed by atoms with Crippen molar-refractivity contribution >= 4 is 51.7 Å². The molecule has 0 bridgehead atoms. The minimum atomic E-state index is -0.531. The normalized spacial score (nSPS) is 11.1. The Hall–Kier alpha value is -3.18. The van der Waals surface area contributed by atoms with Gasteiger partial charge in [0, 0.05) is 18.5 Å². The predicted molar refractivity (Wildman–Crippen MR) is 116 cm³/mol. The van der Waals surface area contributed by atoms with Gasteiger partial charge in [-0.2, -0.15) is 0 Å². The number of para-hydroxylation sites is 1. The van der Waals surface area contributed by atoms with E-state index in [-0.39, 0.29) is 11.3 Å². The van der Waals surface area contributed by atoms with Crippen LogP contribution in [-0.4, -0.2) is 43.4 Å². The lowest BCUT2D eigenvalue weighted by atomic mass is 10.2. The number of thioether (sulfide) groups is 1. The van der Waals surface area contributed by atoms with Gasteiger partial charge in [-0.15, -0.1) is 21.5 Å². The van der Waals surface area contributed by atoms with E-state index in [1.54, 1.807) is 41.0 Å². The number of carbonyl (C=O) groups excluding carboxylic acids is 2. The second-order valence-corrected chi connectivity index (χ2v) is 8.40. The molecular weight excluding hydrogens is 424 g/mol. The summed E-state index contributed by atoms with van der Waals surface area (Å²) in [5.41, 5.74) is 0.494. The Balaban J connectivity index is 1.40. The molecule has 4 rings (SSSR count). The minimum Gasteiger partial charge on any atom is -0.337 e. The lowest BCUT2D eigenvalue weighted by molar-refractivity contribution is -0.117. The Labute approximate surface area is 179 Å². The highest BCUT2D eigenvalue weighted by atomic mass is 32.2. The van der Waals surface area contributed by atoms with E-state index in [1.807, 2.05) is 23.6 Å². The maximum absolute atomic E-state index is 12.5. The average molecular weight is 443 g/mol. The van der Waals surface area contributed by atoms with Crippen LogP contribution < -0.4 is 16.2 Å². The number of thiophene rings is 1. The van der Waals surface area contributed by atoms with E-state index < -0.39 is 11.9 Å². The molecule has 154 valence electrons. The molecule has 1 aromatic carbocycles. The Bertz CT molecular complexity index is 1280. The van der Waals surface area contributed by atoms with Crippen LogP contribution in [-0.2, 0) is 18.3 Å². The zero-order valence-electron chi connectivity index (χ0n) is 16.0. The monoisotopic (exact) mass is 442 g/mol. The van der Waals surface area contributed by atoms with Crippen LogP contribution in [0.3, 0.4) is 0 Å². The Kier molecular flexibility index (Phi) is 5.81. The van der Waals surface area contributed by atoms with Crippen LogP contribution in [0.1, 0.15) is 4.88 Å². The van der Waals surface area contributed by atoms with Gasteiger partial charge >= 0.3 is 6.03 Å². The summed E-state index contributed by atoms with van der Waals surface area (Å²) in [5, 5.41) is 16.1. The van der Waals surface area contributed by atoms with Crippen LogP contribution in [0.15, 0.2) is 51.7 Å². The molecule has 0 saturated carbocycles. The van der Waals surface area contributed by atoms with Crippen molar-refractivity contribution in [2.24, 2.45) is 7.05 Å². The van der Waals surface area contributed by atoms with Crippen LogP contribution in [0.25, 0.3) is 16.7 Å². The van der Waals surface area contributed by atoms with E-state index in [9.17, 15) is 14.4 Å². The molecule has 3 amide bonds. The lowest BCUT2D eigenvalue weighted by Crippen LogP contribution is -2.41. The maximum Gasteiger partial charge on any atom is 0.321 e. The molecule has 0 atom stereocenters. The van der Waals surface area contributed by atoms with Crippen LogP contribution >= 0.6 is 23.1 Å². The molecule has 11 heteroatoms. The summed E-state index contributed by atoms with van der Waals surface area (Å²) in [7, 11) is 1.63.